The van der Waals surface area contributed by atoms with Crippen LogP contribution in [0.1, 0.15) is 11.1 Å². The lowest BCUT2D eigenvalue weighted by Gasteiger charge is -2.09. The van der Waals surface area contributed by atoms with Gasteiger partial charge < -0.3 is 4.74 Å². The van der Waals surface area contributed by atoms with E-state index in [9.17, 15) is 4.39 Å². The summed E-state index contributed by atoms with van der Waals surface area (Å²) in [6.07, 6.45) is 0. The van der Waals surface area contributed by atoms with Crippen molar-refractivity contribution in [2.75, 3.05) is 0 Å². The molecule has 18 heavy (non-hydrogen) atoms. The van der Waals surface area contributed by atoms with Gasteiger partial charge in [0.05, 0.1) is 5.02 Å². The first-order valence-electron chi connectivity index (χ1n) is 5.39. The molecule has 0 atom stereocenters. The highest BCUT2D eigenvalue weighted by molar-refractivity contribution is 9.10. The minimum Gasteiger partial charge on any atom is -0.489 e. The van der Waals surface area contributed by atoms with Crippen molar-refractivity contribution in [3.63, 3.8) is 0 Å². The summed E-state index contributed by atoms with van der Waals surface area (Å²) in [5.41, 5.74) is 1.88. The third-order valence-electron chi connectivity index (χ3n) is 2.52. The highest BCUT2D eigenvalue weighted by atomic mass is 79.9. The fraction of sp³-hybridized carbons (Fsp3) is 0.143. The van der Waals surface area contributed by atoms with Crippen LogP contribution in [0.15, 0.2) is 40.9 Å². The van der Waals surface area contributed by atoms with Crippen molar-refractivity contribution in [3.8, 4) is 5.75 Å². The molecule has 4 heteroatoms. The third kappa shape index (κ3) is 3.24. The van der Waals surface area contributed by atoms with Gasteiger partial charge in [0.15, 0.2) is 0 Å². The number of rotatable bonds is 3. The molecule has 0 saturated carbocycles. The quantitative estimate of drug-likeness (QED) is 0.758. The van der Waals surface area contributed by atoms with Gasteiger partial charge in [0.2, 0.25) is 0 Å². The van der Waals surface area contributed by atoms with Crippen LogP contribution in [0, 0.1) is 12.7 Å². The van der Waals surface area contributed by atoms with Crippen LogP contribution in [-0.4, -0.2) is 0 Å². The molecule has 0 spiro atoms. The molecule has 0 bridgehead atoms. The van der Waals surface area contributed by atoms with E-state index in [4.69, 9.17) is 16.3 Å². The molecule has 0 radical (unpaired) electrons. The molecular weight excluding hydrogens is 319 g/mol. The standard InChI is InChI=1S/C14H11BrClFO/c1-9-6-11(15)3-5-14(9)18-8-10-2-4-13(17)12(16)7-10/h2-7H,8H2,1H3. The summed E-state index contributed by atoms with van der Waals surface area (Å²) in [5.74, 6) is 0.388. The van der Waals surface area contributed by atoms with Crippen LogP contribution in [0.25, 0.3) is 0 Å². The van der Waals surface area contributed by atoms with E-state index in [0.29, 0.717) is 6.61 Å². The lowest BCUT2D eigenvalue weighted by atomic mass is 10.2. The molecule has 0 unspecified atom stereocenters. The maximum atomic E-state index is 13.0. The van der Waals surface area contributed by atoms with Gasteiger partial charge in [-0.25, -0.2) is 4.39 Å². The Kier molecular flexibility index (Phi) is 4.25. The molecule has 0 fully saturated rings. The summed E-state index contributed by atoms with van der Waals surface area (Å²) >= 11 is 9.11. The average Bonchev–Trinajstić information content (AvgIpc) is 2.32. The first kappa shape index (κ1) is 13.4. The summed E-state index contributed by atoms with van der Waals surface area (Å²) in [4.78, 5) is 0. The number of halogens is 3. The van der Waals surface area contributed by atoms with E-state index in [2.05, 4.69) is 15.9 Å². The average molecular weight is 330 g/mol. The predicted octanol–water partition coefficient (Wildman–Crippen LogP) is 5.13. The monoisotopic (exact) mass is 328 g/mol. The van der Waals surface area contributed by atoms with E-state index in [1.807, 2.05) is 25.1 Å². The summed E-state index contributed by atoms with van der Waals surface area (Å²) in [7, 11) is 0. The molecule has 1 nitrogen and oxygen atoms in total. The van der Waals surface area contributed by atoms with Crippen molar-refractivity contribution < 1.29 is 9.13 Å². The normalized spacial score (nSPS) is 10.4. The molecule has 0 saturated heterocycles. The van der Waals surface area contributed by atoms with Crippen molar-refractivity contribution in [1.29, 1.82) is 0 Å². The molecule has 2 aromatic carbocycles. The molecule has 0 aliphatic heterocycles. The van der Waals surface area contributed by atoms with E-state index in [0.717, 1.165) is 21.3 Å². The second-order valence-corrected chi connectivity index (χ2v) is 5.27. The Bertz CT molecular complexity index is 572. The molecule has 94 valence electrons. The van der Waals surface area contributed by atoms with Crippen molar-refractivity contribution in [3.05, 3.63) is 62.8 Å². The van der Waals surface area contributed by atoms with E-state index < -0.39 is 5.82 Å². The van der Waals surface area contributed by atoms with E-state index in [1.165, 1.54) is 6.07 Å². The van der Waals surface area contributed by atoms with Crippen LogP contribution in [0.3, 0.4) is 0 Å². The van der Waals surface area contributed by atoms with Gasteiger partial charge in [0, 0.05) is 4.47 Å². The summed E-state index contributed by atoms with van der Waals surface area (Å²) < 4.78 is 19.7. The van der Waals surface area contributed by atoms with Gasteiger partial charge in [0.25, 0.3) is 0 Å². The van der Waals surface area contributed by atoms with Gasteiger partial charge in [-0.1, -0.05) is 33.6 Å². The van der Waals surface area contributed by atoms with Crippen molar-refractivity contribution in [1.82, 2.24) is 0 Å². The first-order chi connectivity index (χ1) is 8.56. The lowest BCUT2D eigenvalue weighted by molar-refractivity contribution is 0.304. The molecule has 0 amide bonds. The topological polar surface area (TPSA) is 9.23 Å². The van der Waals surface area contributed by atoms with Crippen LogP contribution in [0.4, 0.5) is 4.39 Å². The second kappa shape index (κ2) is 5.72. The van der Waals surface area contributed by atoms with Gasteiger partial charge >= 0.3 is 0 Å². The number of hydrogen-bond donors (Lipinski definition) is 0. The zero-order valence-electron chi connectivity index (χ0n) is 9.71. The van der Waals surface area contributed by atoms with Crippen LogP contribution in [0.5, 0.6) is 5.75 Å². The fourth-order valence-corrected chi connectivity index (χ4v) is 2.24. The first-order valence-corrected chi connectivity index (χ1v) is 6.56. The highest BCUT2D eigenvalue weighted by Crippen LogP contribution is 2.23. The van der Waals surface area contributed by atoms with Gasteiger partial charge in [-0.05, 0) is 48.4 Å². The summed E-state index contributed by atoms with van der Waals surface area (Å²) in [6.45, 7) is 2.33. The number of ether oxygens (including phenoxy) is 1. The predicted molar refractivity (Wildman–Crippen MR) is 74.6 cm³/mol. The molecule has 0 aromatic heterocycles. The molecule has 0 aliphatic rings. The highest BCUT2D eigenvalue weighted by Gasteiger charge is 2.03. The van der Waals surface area contributed by atoms with E-state index in [1.54, 1.807) is 12.1 Å². The molecule has 0 heterocycles. The molecular formula is C14H11BrClFO. The minimum atomic E-state index is -0.416. The number of benzene rings is 2. The Morgan fingerprint density at radius 3 is 2.67 bits per heavy atom. The van der Waals surface area contributed by atoms with Crippen molar-refractivity contribution >= 4 is 27.5 Å². The van der Waals surface area contributed by atoms with Crippen LogP contribution in [0.2, 0.25) is 5.02 Å². The van der Waals surface area contributed by atoms with Crippen molar-refractivity contribution in [2.24, 2.45) is 0 Å². The minimum absolute atomic E-state index is 0.114. The lowest BCUT2D eigenvalue weighted by Crippen LogP contribution is -1.97. The summed E-state index contributed by atoms with van der Waals surface area (Å²) in [5, 5.41) is 0.114. The Morgan fingerprint density at radius 2 is 2.00 bits per heavy atom. The van der Waals surface area contributed by atoms with E-state index in [-0.39, 0.29) is 5.02 Å². The maximum Gasteiger partial charge on any atom is 0.141 e. The smallest absolute Gasteiger partial charge is 0.141 e. The third-order valence-corrected chi connectivity index (χ3v) is 3.30. The van der Waals surface area contributed by atoms with E-state index >= 15 is 0 Å². The van der Waals surface area contributed by atoms with Crippen molar-refractivity contribution in [2.45, 2.75) is 13.5 Å². The zero-order chi connectivity index (χ0) is 13.1. The Morgan fingerprint density at radius 1 is 1.22 bits per heavy atom. The van der Waals surface area contributed by atoms with Gasteiger partial charge in [0.1, 0.15) is 18.2 Å². The fourth-order valence-electron chi connectivity index (χ4n) is 1.57. The maximum absolute atomic E-state index is 13.0. The Hall–Kier alpha value is -1.06. The van der Waals surface area contributed by atoms with Crippen LogP contribution < -0.4 is 4.74 Å². The van der Waals surface area contributed by atoms with Gasteiger partial charge in [-0.3, -0.25) is 0 Å². The SMILES string of the molecule is Cc1cc(Br)ccc1OCc1ccc(F)c(Cl)c1. The summed E-state index contributed by atoms with van der Waals surface area (Å²) in [6, 6.07) is 10.4. The largest absolute Gasteiger partial charge is 0.489 e. The molecule has 2 rings (SSSR count). The molecule has 0 aliphatic carbocycles. The van der Waals surface area contributed by atoms with Crippen LogP contribution in [-0.2, 0) is 6.61 Å². The van der Waals surface area contributed by atoms with Gasteiger partial charge in [-0.15, -0.1) is 0 Å². The number of hydrogen-bond acceptors (Lipinski definition) is 1. The van der Waals surface area contributed by atoms with Crippen LogP contribution >= 0.6 is 27.5 Å². The zero-order valence-corrected chi connectivity index (χ0v) is 12.1. The van der Waals surface area contributed by atoms with Gasteiger partial charge in [-0.2, -0.15) is 0 Å². The Labute approximate surface area is 119 Å². The Balaban J connectivity index is 2.09. The molecule has 2 aromatic rings. The molecule has 0 N–H and O–H groups in total. The second-order valence-electron chi connectivity index (χ2n) is 3.95. The number of aryl methyl sites for hydroxylation is 1.